The Balaban J connectivity index is 1.12. The third-order valence-corrected chi connectivity index (χ3v) is 9.59. The summed E-state index contributed by atoms with van der Waals surface area (Å²) >= 11 is 2.26. The van der Waals surface area contributed by atoms with E-state index in [0.29, 0.717) is 48.9 Å². The van der Waals surface area contributed by atoms with Gasteiger partial charge in [-0.1, -0.05) is 24.3 Å². The van der Waals surface area contributed by atoms with Gasteiger partial charge in [0, 0.05) is 45.4 Å². The summed E-state index contributed by atoms with van der Waals surface area (Å²) in [5.41, 5.74) is 1.05. The van der Waals surface area contributed by atoms with Crippen LogP contribution in [0.25, 0.3) is 0 Å². The average molecular weight is 775 g/mol. The molecule has 49 heavy (non-hydrogen) atoms. The van der Waals surface area contributed by atoms with Crippen molar-refractivity contribution in [3.05, 3.63) is 116 Å². The SMILES string of the molecule is CC(=O)C(CCCCNC(=O)CCCc1ccc(I)cc1)NC(=O)c1cccc2c1C(=O)OC21c2ccc(O)cc2Oc2cc(O)ccc21. The summed E-state index contributed by atoms with van der Waals surface area (Å²) in [5.74, 6) is -1.28. The molecule has 4 N–H and O–H groups in total. The summed E-state index contributed by atoms with van der Waals surface area (Å²) in [7, 11) is 0. The molecule has 1 unspecified atom stereocenters. The summed E-state index contributed by atoms with van der Waals surface area (Å²) in [6.07, 6.45) is 3.58. The van der Waals surface area contributed by atoms with Gasteiger partial charge < -0.3 is 30.3 Å². The molecule has 4 aromatic rings. The van der Waals surface area contributed by atoms with E-state index in [1.807, 2.05) is 0 Å². The number of nitrogens with one attached hydrogen (secondary N) is 2. The Hall–Kier alpha value is -4.91. The number of hydrogen-bond donors (Lipinski definition) is 4. The van der Waals surface area contributed by atoms with Gasteiger partial charge in [0.2, 0.25) is 5.91 Å². The molecule has 2 amide bonds. The summed E-state index contributed by atoms with van der Waals surface area (Å²) in [4.78, 5) is 52.2. The highest BCUT2D eigenvalue weighted by Crippen LogP contribution is 2.57. The van der Waals surface area contributed by atoms with Gasteiger partial charge in [-0.2, -0.15) is 0 Å². The zero-order valence-electron chi connectivity index (χ0n) is 26.8. The minimum Gasteiger partial charge on any atom is -0.508 e. The third kappa shape index (κ3) is 6.98. The van der Waals surface area contributed by atoms with Crippen molar-refractivity contribution in [2.75, 3.05) is 6.54 Å². The van der Waals surface area contributed by atoms with Gasteiger partial charge >= 0.3 is 5.97 Å². The maximum Gasteiger partial charge on any atom is 0.340 e. The van der Waals surface area contributed by atoms with Gasteiger partial charge in [-0.05, 0) is 110 Å². The molecule has 2 aliphatic rings. The average Bonchev–Trinajstić information content (AvgIpc) is 3.36. The number of fused-ring (bicyclic) bond motifs is 6. The number of Topliss-reactive ketones (excluding diaryl/α,β-unsaturated/α-hetero) is 1. The Morgan fingerprint density at radius 2 is 1.53 bits per heavy atom. The number of aromatic hydroxyl groups is 2. The third-order valence-electron chi connectivity index (χ3n) is 8.87. The molecule has 6 rings (SSSR count). The lowest BCUT2D eigenvalue weighted by molar-refractivity contribution is -0.121. The topological polar surface area (TPSA) is 151 Å². The highest BCUT2D eigenvalue weighted by Gasteiger charge is 2.54. The Morgan fingerprint density at radius 1 is 0.857 bits per heavy atom. The molecule has 0 saturated heterocycles. The number of hydrogen-bond acceptors (Lipinski definition) is 8. The van der Waals surface area contributed by atoms with Crippen LogP contribution in [0.5, 0.6) is 23.0 Å². The monoisotopic (exact) mass is 774 g/mol. The number of phenolic OH excluding ortho intramolecular Hbond substituents is 2. The molecule has 0 fully saturated rings. The smallest absolute Gasteiger partial charge is 0.340 e. The predicted molar refractivity (Wildman–Crippen MR) is 189 cm³/mol. The number of ether oxygens (including phenoxy) is 2. The van der Waals surface area contributed by atoms with E-state index >= 15 is 0 Å². The van der Waals surface area contributed by atoms with Gasteiger partial charge in [-0.15, -0.1) is 0 Å². The van der Waals surface area contributed by atoms with Crippen LogP contribution < -0.4 is 15.4 Å². The zero-order chi connectivity index (χ0) is 34.7. The van der Waals surface area contributed by atoms with Crippen molar-refractivity contribution in [1.82, 2.24) is 10.6 Å². The van der Waals surface area contributed by atoms with Gasteiger partial charge in [-0.3, -0.25) is 14.4 Å². The van der Waals surface area contributed by atoms with Crippen LogP contribution in [0.2, 0.25) is 0 Å². The standard InChI is InChI=1S/C38H35IN2O8/c1-22(42)31(9-2-3-19-40-34(45)10-4-6-23-11-13-24(39)14-12-23)41-36(46)27-7-5-8-30-35(27)37(47)49-38(30)28-17-15-25(43)20-32(28)48-33-21-26(44)16-18-29(33)38/h5,7-8,11-18,20-21,31,43-44H,2-4,6,9-10,19H2,1H3,(H,40,45)(H,41,46). The van der Waals surface area contributed by atoms with Crippen molar-refractivity contribution >= 4 is 46.2 Å². The Labute approximate surface area is 297 Å². The van der Waals surface area contributed by atoms with Crippen LogP contribution in [-0.2, 0) is 26.3 Å². The van der Waals surface area contributed by atoms with E-state index in [1.165, 1.54) is 46.4 Å². The maximum atomic E-state index is 13.7. The molecule has 11 heteroatoms. The molecule has 4 aromatic carbocycles. The number of amides is 2. The van der Waals surface area contributed by atoms with E-state index in [2.05, 4.69) is 57.5 Å². The van der Waals surface area contributed by atoms with E-state index in [9.17, 15) is 29.4 Å². The fourth-order valence-electron chi connectivity index (χ4n) is 6.44. The first-order valence-corrected chi connectivity index (χ1v) is 17.2. The molecule has 0 bridgehead atoms. The highest BCUT2D eigenvalue weighted by molar-refractivity contribution is 14.1. The molecule has 2 aliphatic heterocycles. The number of aryl methyl sites for hydroxylation is 1. The molecule has 2 heterocycles. The Morgan fingerprint density at radius 3 is 2.18 bits per heavy atom. The molecule has 1 spiro atoms. The minimum absolute atomic E-state index is 0.0205. The fourth-order valence-corrected chi connectivity index (χ4v) is 6.80. The number of carbonyl (C=O) groups is 4. The summed E-state index contributed by atoms with van der Waals surface area (Å²) in [6.45, 7) is 1.86. The number of carbonyl (C=O) groups excluding carboxylic acids is 4. The van der Waals surface area contributed by atoms with Gasteiger partial charge in [-0.25, -0.2) is 4.79 Å². The molecule has 252 valence electrons. The van der Waals surface area contributed by atoms with Crippen molar-refractivity contribution < 1.29 is 38.9 Å². The van der Waals surface area contributed by atoms with Gasteiger partial charge in [0.15, 0.2) is 11.4 Å². The van der Waals surface area contributed by atoms with Crippen LogP contribution in [0.3, 0.4) is 0 Å². The first kappa shape index (κ1) is 34.0. The largest absolute Gasteiger partial charge is 0.508 e. The van der Waals surface area contributed by atoms with E-state index in [-0.39, 0.29) is 45.8 Å². The second-order valence-electron chi connectivity index (χ2n) is 12.2. The lowest BCUT2D eigenvalue weighted by Crippen LogP contribution is -2.40. The van der Waals surface area contributed by atoms with Gasteiger partial charge in [0.1, 0.15) is 23.0 Å². The van der Waals surface area contributed by atoms with Crippen molar-refractivity contribution in [2.24, 2.45) is 0 Å². The van der Waals surface area contributed by atoms with Crippen molar-refractivity contribution in [3.8, 4) is 23.0 Å². The second-order valence-corrected chi connectivity index (χ2v) is 13.5. The number of phenols is 2. The molecular weight excluding hydrogens is 739 g/mol. The van der Waals surface area contributed by atoms with Gasteiger partial charge in [0.25, 0.3) is 5.91 Å². The molecular formula is C38H35IN2O8. The van der Waals surface area contributed by atoms with Crippen LogP contribution in [-0.4, -0.2) is 46.4 Å². The Bertz CT molecular complexity index is 1890. The number of unbranched alkanes of at least 4 members (excludes halogenated alkanes) is 1. The van der Waals surface area contributed by atoms with E-state index < -0.39 is 23.5 Å². The number of ketones is 1. The number of esters is 1. The van der Waals surface area contributed by atoms with Crippen LogP contribution in [0.4, 0.5) is 0 Å². The molecule has 0 saturated carbocycles. The van der Waals surface area contributed by atoms with Crippen molar-refractivity contribution in [3.63, 3.8) is 0 Å². The van der Waals surface area contributed by atoms with Crippen molar-refractivity contribution in [2.45, 2.75) is 57.1 Å². The second kappa shape index (κ2) is 14.3. The molecule has 10 nitrogen and oxygen atoms in total. The van der Waals surface area contributed by atoms with E-state index in [1.54, 1.807) is 24.3 Å². The lowest BCUT2D eigenvalue weighted by Gasteiger charge is -2.36. The fraction of sp³-hybridized carbons (Fsp3) is 0.263. The number of rotatable bonds is 12. The van der Waals surface area contributed by atoms with Crippen LogP contribution in [0.15, 0.2) is 78.9 Å². The Kier molecular flexibility index (Phi) is 9.91. The molecule has 0 radical (unpaired) electrons. The van der Waals surface area contributed by atoms with Crippen LogP contribution in [0.1, 0.15) is 82.0 Å². The van der Waals surface area contributed by atoms with Gasteiger partial charge in [0.05, 0.1) is 17.2 Å². The normalized spacial score (nSPS) is 14.1. The lowest BCUT2D eigenvalue weighted by atomic mass is 9.77. The molecule has 0 aromatic heterocycles. The summed E-state index contributed by atoms with van der Waals surface area (Å²) in [5, 5.41) is 26.1. The van der Waals surface area contributed by atoms with Crippen LogP contribution >= 0.6 is 22.6 Å². The number of benzene rings is 4. The quantitative estimate of drug-likeness (QED) is 0.0748. The first-order chi connectivity index (χ1) is 23.6. The molecule has 1 atom stereocenters. The summed E-state index contributed by atoms with van der Waals surface area (Å²) < 4.78 is 13.3. The maximum absolute atomic E-state index is 13.7. The summed E-state index contributed by atoms with van der Waals surface area (Å²) in [6, 6.07) is 21.2. The van der Waals surface area contributed by atoms with E-state index in [4.69, 9.17) is 9.47 Å². The highest BCUT2D eigenvalue weighted by atomic mass is 127. The zero-order valence-corrected chi connectivity index (χ0v) is 28.9. The first-order valence-electron chi connectivity index (χ1n) is 16.1. The molecule has 0 aliphatic carbocycles. The number of halogens is 1. The van der Waals surface area contributed by atoms with Crippen molar-refractivity contribution in [1.29, 1.82) is 0 Å². The minimum atomic E-state index is -1.52. The predicted octanol–water partition coefficient (Wildman–Crippen LogP) is 6.27. The van der Waals surface area contributed by atoms with E-state index in [0.717, 1.165) is 12.8 Å². The van der Waals surface area contributed by atoms with Crippen LogP contribution in [0, 0.1) is 3.57 Å².